The molecule has 0 radical (unpaired) electrons. The second-order valence-corrected chi connectivity index (χ2v) is 6.39. The van der Waals surface area contributed by atoms with E-state index in [1.54, 1.807) is 7.11 Å². The van der Waals surface area contributed by atoms with Gasteiger partial charge in [0.15, 0.2) is 5.96 Å². The summed E-state index contributed by atoms with van der Waals surface area (Å²) in [6.07, 6.45) is 5.46. The van der Waals surface area contributed by atoms with Crippen molar-refractivity contribution in [1.82, 2.24) is 15.5 Å². The molecule has 0 unspecified atom stereocenters. The molecule has 25 heavy (non-hydrogen) atoms. The highest BCUT2D eigenvalue weighted by atomic mass is 127. The highest BCUT2D eigenvalue weighted by Gasteiger charge is 2.18. The third-order valence-electron chi connectivity index (χ3n) is 4.60. The molecule has 0 atom stereocenters. The van der Waals surface area contributed by atoms with E-state index < -0.39 is 0 Å². The Labute approximate surface area is 169 Å². The molecule has 0 aliphatic heterocycles. The van der Waals surface area contributed by atoms with Crippen molar-refractivity contribution < 1.29 is 4.74 Å². The molecule has 0 amide bonds. The van der Waals surface area contributed by atoms with Crippen LogP contribution in [0.25, 0.3) is 0 Å². The smallest absolute Gasteiger partial charge is 0.191 e. The number of methoxy groups -OCH3 is 1. The zero-order valence-electron chi connectivity index (χ0n) is 15.8. The van der Waals surface area contributed by atoms with Crippen molar-refractivity contribution in [3.05, 3.63) is 29.8 Å². The first-order valence-electron chi connectivity index (χ1n) is 9.08. The van der Waals surface area contributed by atoms with Gasteiger partial charge in [0.25, 0.3) is 0 Å². The van der Waals surface area contributed by atoms with Crippen molar-refractivity contribution >= 4 is 29.9 Å². The van der Waals surface area contributed by atoms with E-state index in [1.807, 2.05) is 18.2 Å². The van der Waals surface area contributed by atoms with Gasteiger partial charge in [-0.25, -0.2) is 4.99 Å². The normalized spacial score (nSPS) is 15.1. The summed E-state index contributed by atoms with van der Waals surface area (Å²) >= 11 is 0. The number of likely N-dealkylation sites (N-methyl/N-ethyl adjacent to an activating group) is 1. The fourth-order valence-corrected chi connectivity index (χ4v) is 3.16. The Hall–Kier alpha value is -1.02. The lowest BCUT2D eigenvalue weighted by atomic mass is 10.2. The summed E-state index contributed by atoms with van der Waals surface area (Å²) in [6, 6.07) is 8.82. The van der Waals surface area contributed by atoms with Crippen LogP contribution in [0.4, 0.5) is 0 Å². The van der Waals surface area contributed by atoms with E-state index in [4.69, 9.17) is 4.74 Å². The van der Waals surface area contributed by atoms with Gasteiger partial charge >= 0.3 is 0 Å². The SMILES string of the molecule is CCNC(=NCc1cccc(OC)c1)NCCN(C)C1CCCC1.I. The molecule has 5 nitrogen and oxygen atoms in total. The first-order chi connectivity index (χ1) is 11.7. The predicted octanol–water partition coefficient (Wildman–Crippen LogP) is 3.24. The van der Waals surface area contributed by atoms with Crippen LogP contribution < -0.4 is 15.4 Å². The molecule has 2 rings (SSSR count). The highest BCUT2D eigenvalue weighted by molar-refractivity contribution is 14.0. The third-order valence-corrected chi connectivity index (χ3v) is 4.60. The van der Waals surface area contributed by atoms with Crippen molar-refractivity contribution in [1.29, 1.82) is 0 Å². The maximum atomic E-state index is 5.26. The zero-order valence-corrected chi connectivity index (χ0v) is 18.1. The molecule has 0 saturated heterocycles. The van der Waals surface area contributed by atoms with Crippen molar-refractivity contribution in [3.63, 3.8) is 0 Å². The number of nitrogens with zero attached hydrogens (tertiary/aromatic N) is 2. The number of aliphatic imine (C=N–C) groups is 1. The Morgan fingerprint density at radius 3 is 2.72 bits per heavy atom. The molecule has 1 aromatic carbocycles. The Kier molecular flexibility index (Phi) is 10.9. The fraction of sp³-hybridized carbons (Fsp3) is 0.632. The molecule has 0 heterocycles. The summed E-state index contributed by atoms with van der Waals surface area (Å²) < 4.78 is 5.26. The van der Waals surface area contributed by atoms with Crippen LogP contribution in [0.15, 0.2) is 29.3 Å². The number of rotatable bonds is 8. The maximum absolute atomic E-state index is 5.26. The van der Waals surface area contributed by atoms with Gasteiger partial charge < -0.3 is 20.3 Å². The van der Waals surface area contributed by atoms with Crippen molar-refractivity contribution in [2.45, 2.75) is 45.2 Å². The van der Waals surface area contributed by atoms with Crippen LogP contribution in [0.5, 0.6) is 5.75 Å². The largest absolute Gasteiger partial charge is 0.497 e. The summed E-state index contributed by atoms with van der Waals surface area (Å²) in [4.78, 5) is 7.15. The predicted molar refractivity (Wildman–Crippen MR) is 116 cm³/mol. The van der Waals surface area contributed by atoms with Crippen molar-refractivity contribution in [2.24, 2.45) is 4.99 Å². The Balaban J connectivity index is 0.00000312. The minimum atomic E-state index is 0. The highest BCUT2D eigenvalue weighted by Crippen LogP contribution is 2.21. The van der Waals surface area contributed by atoms with Crippen LogP contribution in [0.2, 0.25) is 0 Å². The van der Waals surface area contributed by atoms with Crippen LogP contribution in [0.3, 0.4) is 0 Å². The van der Waals surface area contributed by atoms with Crippen LogP contribution in [0.1, 0.15) is 38.2 Å². The maximum Gasteiger partial charge on any atom is 0.191 e. The van der Waals surface area contributed by atoms with E-state index >= 15 is 0 Å². The van der Waals surface area contributed by atoms with E-state index in [1.165, 1.54) is 25.7 Å². The summed E-state index contributed by atoms with van der Waals surface area (Å²) in [5.41, 5.74) is 1.15. The fourth-order valence-electron chi connectivity index (χ4n) is 3.16. The molecule has 142 valence electrons. The molecule has 1 aliphatic rings. The summed E-state index contributed by atoms with van der Waals surface area (Å²) in [5.74, 6) is 1.75. The third kappa shape index (κ3) is 7.81. The van der Waals surface area contributed by atoms with Crippen LogP contribution >= 0.6 is 24.0 Å². The van der Waals surface area contributed by atoms with Crippen molar-refractivity contribution in [3.8, 4) is 5.75 Å². The van der Waals surface area contributed by atoms with E-state index in [2.05, 4.69) is 40.6 Å². The molecule has 2 N–H and O–H groups in total. The lowest BCUT2D eigenvalue weighted by Crippen LogP contribution is -2.42. The molecular formula is C19H33IN4O. The zero-order chi connectivity index (χ0) is 17.2. The van der Waals surface area contributed by atoms with Gasteiger partial charge in [-0.15, -0.1) is 24.0 Å². The molecule has 6 heteroatoms. The summed E-state index contributed by atoms with van der Waals surface area (Å²) in [5, 5.41) is 6.75. The lowest BCUT2D eigenvalue weighted by Gasteiger charge is -2.24. The average molecular weight is 460 g/mol. The number of halogens is 1. The monoisotopic (exact) mass is 460 g/mol. The molecule has 1 aliphatic carbocycles. The van der Waals surface area contributed by atoms with E-state index in [0.717, 1.165) is 42.9 Å². The van der Waals surface area contributed by atoms with Crippen molar-refractivity contribution in [2.75, 3.05) is 33.8 Å². The Morgan fingerprint density at radius 2 is 2.04 bits per heavy atom. The molecule has 0 aromatic heterocycles. The molecule has 1 fully saturated rings. The summed E-state index contributed by atoms with van der Waals surface area (Å²) in [6.45, 7) is 5.56. The Bertz CT molecular complexity index is 518. The number of hydrogen-bond donors (Lipinski definition) is 2. The molecule has 0 spiro atoms. The topological polar surface area (TPSA) is 48.9 Å². The van der Waals surface area contributed by atoms with E-state index in [0.29, 0.717) is 6.54 Å². The molecule has 1 saturated carbocycles. The minimum absolute atomic E-state index is 0. The number of nitrogens with one attached hydrogen (secondary N) is 2. The van der Waals surface area contributed by atoms with Crippen LogP contribution in [-0.4, -0.2) is 50.7 Å². The number of benzene rings is 1. The minimum Gasteiger partial charge on any atom is -0.497 e. The van der Waals surface area contributed by atoms with Gasteiger partial charge in [-0.2, -0.15) is 0 Å². The number of hydrogen-bond acceptors (Lipinski definition) is 3. The quantitative estimate of drug-likeness (QED) is 0.355. The van der Waals surface area contributed by atoms with Gasteiger partial charge in [-0.1, -0.05) is 25.0 Å². The average Bonchev–Trinajstić information content (AvgIpc) is 3.14. The van der Waals surface area contributed by atoms with Crippen LogP contribution in [-0.2, 0) is 6.54 Å². The number of ether oxygens (including phenoxy) is 1. The first-order valence-corrected chi connectivity index (χ1v) is 9.08. The van der Waals surface area contributed by atoms with E-state index in [9.17, 15) is 0 Å². The van der Waals surface area contributed by atoms with Gasteiger partial charge in [0.05, 0.1) is 13.7 Å². The first kappa shape index (κ1) is 22.0. The second-order valence-electron chi connectivity index (χ2n) is 6.39. The Morgan fingerprint density at radius 1 is 1.28 bits per heavy atom. The molecular weight excluding hydrogens is 427 g/mol. The molecule has 0 bridgehead atoms. The van der Waals surface area contributed by atoms with E-state index in [-0.39, 0.29) is 24.0 Å². The molecule has 1 aromatic rings. The van der Waals surface area contributed by atoms with Gasteiger partial charge in [0, 0.05) is 25.7 Å². The lowest BCUT2D eigenvalue weighted by molar-refractivity contribution is 0.249. The van der Waals surface area contributed by atoms with Crippen LogP contribution in [0, 0.1) is 0 Å². The standard InChI is InChI=1S/C19H32N4O.HI/c1-4-20-19(21-12-13-23(2)17-9-5-6-10-17)22-15-16-8-7-11-18(14-16)24-3;/h7-8,11,14,17H,4-6,9-10,12-13,15H2,1-3H3,(H2,20,21,22);1H. The number of guanidine groups is 1. The van der Waals surface area contributed by atoms with Gasteiger partial charge in [-0.05, 0) is 44.5 Å². The van der Waals surface area contributed by atoms with Gasteiger partial charge in [0.1, 0.15) is 5.75 Å². The van der Waals surface area contributed by atoms with Gasteiger partial charge in [0.2, 0.25) is 0 Å². The van der Waals surface area contributed by atoms with Gasteiger partial charge in [-0.3, -0.25) is 0 Å². The second kappa shape index (κ2) is 12.4. The summed E-state index contributed by atoms with van der Waals surface area (Å²) in [7, 11) is 3.92.